The minimum absolute atomic E-state index is 0.0357. The fourth-order valence-electron chi connectivity index (χ4n) is 2.20. The van der Waals surface area contributed by atoms with E-state index < -0.39 is 0 Å². The van der Waals surface area contributed by atoms with Crippen molar-refractivity contribution in [1.29, 1.82) is 0 Å². The van der Waals surface area contributed by atoms with Crippen LogP contribution in [0, 0.1) is 0 Å². The molecule has 0 bridgehead atoms. The van der Waals surface area contributed by atoms with Gasteiger partial charge in [-0.3, -0.25) is 4.79 Å². The molecule has 1 heterocycles. The van der Waals surface area contributed by atoms with Gasteiger partial charge >= 0.3 is 0 Å². The van der Waals surface area contributed by atoms with E-state index >= 15 is 0 Å². The standard InChI is InChI=1S/C17H16N2O3S/c1-11(20)12-2-4-13(5-3-12)18-17(23)19-14-6-7-15-16(10-14)22-9-8-21-15/h2-7,10H,8-9H2,1H3,(H2,18,19,23). The summed E-state index contributed by atoms with van der Waals surface area (Å²) in [7, 11) is 0. The molecule has 0 atom stereocenters. The smallest absolute Gasteiger partial charge is 0.175 e. The van der Waals surface area contributed by atoms with Crippen LogP contribution in [-0.4, -0.2) is 24.1 Å². The molecule has 0 saturated carbocycles. The van der Waals surface area contributed by atoms with Gasteiger partial charge in [-0.1, -0.05) is 0 Å². The lowest BCUT2D eigenvalue weighted by Gasteiger charge is -2.19. The van der Waals surface area contributed by atoms with E-state index in [9.17, 15) is 4.79 Å². The zero-order chi connectivity index (χ0) is 16.2. The molecule has 118 valence electrons. The first-order valence-corrected chi connectivity index (χ1v) is 7.61. The molecule has 0 saturated heterocycles. The van der Waals surface area contributed by atoms with Gasteiger partial charge in [-0.25, -0.2) is 0 Å². The molecule has 0 aromatic heterocycles. The molecule has 5 nitrogen and oxygen atoms in total. The van der Waals surface area contributed by atoms with Crippen LogP contribution < -0.4 is 20.1 Å². The lowest BCUT2D eigenvalue weighted by molar-refractivity contribution is 0.101. The average Bonchev–Trinajstić information content (AvgIpc) is 2.55. The van der Waals surface area contributed by atoms with Gasteiger partial charge in [0, 0.05) is 23.0 Å². The molecule has 6 heteroatoms. The molecule has 0 unspecified atom stereocenters. The van der Waals surface area contributed by atoms with Crippen molar-refractivity contribution in [3.8, 4) is 11.5 Å². The van der Waals surface area contributed by atoms with Crippen molar-refractivity contribution in [2.45, 2.75) is 6.92 Å². The van der Waals surface area contributed by atoms with Crippen molar-refractivity contribution in [1.82, 2.24) is 0 Å². The quantitative estimate of drug-likeness (QED) is 0.664. The Morgan fingerprint density at radius 2 is 1.57 bits per heavy atom. The first-order chi connectivity index (χ1) is 11.1. The predicted molar refractivity (Wildman–Crippen MR) is 93.7 cm³/mol. The van der Waals surface area contributed by atoms with E-state index in [1.54, 1.807) is 12.1 Å². The van der Waals surface area contributed by atoms with Gasteiger partial charge in [0.05, 0.1) is 0 Å². The molecule has 0 spiro atoms. The minimum atomic E-state index is 0.0357. The molecular weight excluding hydrogens is 312 g/mol. The Kier molecular flexibility index (Phi) is 4.43. The third-order valence-electron chi connectivity index (χ3n) is 3.35. The molecule has 0 fully saturated rings. The van der Waals surface area contributed by atoms with E-state index in [2.05, 4.69) is 10.6 Å². The molecule has 0 radical (unpaired) electrons. The van der Waals surface area contributed by atoms with Gasteiger partial charge in [-0.2, -0.15) is 0 Å². The number of anilines is 2. The zero-order valence-corrected chi connectivity index (χ0v) is 13.4. The number of hydrogen-bond donors (Lipinski definition) is 2. The Bertz CT molecular complexity index is 744. The van der Waals surface area contributed by atoms with Crippen LogP contribution in [0.4, 0.5) is 11.4 Å². The molecule has 0 aliphatic carbocycles. The van der Waals surface area contributed by atoms with Crippen molar-refractivity contribution < 1.29 is 14.3 Å². The van der Waals surface area contributed by atoms with Crippen LogP contribution in [0.15, 0.2) is 42.5 Å². The van der Waals surface area contributed by atoms with Crippen molar-refractivity contribution in [3.05, 3.63) is 48.0 Å². The highest BCUT2D eigenvalue weighted by molar-refractivity contribution is 7.80. The Balaban J connectivity index is 1.64. The number of ether oxygens (including phenoxy) is 2. The van der Waals surface area contributed by atoms with Crippen molar-refractivity contribution in [3.63, 3.8) is 0 Å². The number of Topliss-reactive ketones (excluding diaryl/α,β-unsaturated/α-hetero) is 1. The summed E-state index contributed by atoms with van der Waals surface area (Å²) < 4.78 is 11.0. The molecule has 0 amide bonds. The van der Waals surface area contributed by atoms with Gasteiger partial charge in [-0.15, -0.1) is 0 Å². The number of nitrogens with one attached hydrogen (secondary N) is 2. The number of benzene rings is 2. The van der Waals surface area contributed by atoms with Crippen LogP contribution in [0.3, 0.4) is 0 Å². The number of rotatable bonds is 3. The van der Waals surface area contributed by atoms with Crippen LogP contribution >= 0.6 is 12.2 Å². The number of fused-ring (bicyclic) bond motifs is 1. The SMILES string of the molecule is CC(=O)c1ccc(NC(=S)Nc2ccc3c(c2)OCCO3)cc1. The fourth-order valence-corrected chi connectivity index (χ4v) is 2.44. The molecule has 23 heavy (non-hydrogen) atoms. The van der Waals surface area contributed by atoms with Crippen molar-refractivity contribution in [2.24, 2.45) is 0 Å². The van der Waals surface area contributed by atoms with Gasteiger partial charge in [0.2, 0.25) is 0 Å². The molecule has 2 aromatic carbocycles. The van der Waals surface area contributed by atoms with Crippen LogP contribution in [-0.2, 0) is 0 Å². The third-order valence-corrected chi connectivity index (χ3v) is 3.55. The van der Waals surface area contributed by atoms with Gasteiger partial charge in [0.25, 0.3) is 0 Å². The number of carbonyl (C=O) groups excluding carboxylic acids is 1. The third kappa shape index (κ3) is 3.78. The zero-order valence-electron chi connectivity index (χ0n) is 12.6. The number of hydrogen-bond acceptors (Lipinski definition) is 4. The van der Waals surface area contributed by atoms with E-state index in [-0.39, 0.29) is 5.78 Å². The summed E-state index contributed by atoms with van der Waals surface area (Å²) in [5.41, 5.74) is 2.29. The highest BCUT2D eigenvalue weighted by Gasteiger charge is 2.12. The molecule has 3 rings (SSSR count). The molecule has 2 aromatic rings. The lowest BCUT2D eigenvalue weighted by Crippen LogP contribution is -2.20. The molecule has 2 N–H and O–H groups in total. The second-order valence-electron chi connectivity index (χ2n) is 5.07. The number of ketones is 1. The summed E-state index contributed by atoms with van der Waals surface area (Å²) in [6.45, 7) is 2.65. The minimum Gasteiger partial charge on any atom is -0.486 e. The van der Waals surface area contributed by atoms with Gasteiger partial charge in [0.1, 0.15) is 13.2 Å². The van der Waals surface area contributed by atoms with Crippen LogP contribution in [0.5, 0.6) is 11.5 Å². The average molecular weight is 328 g/mol. The van der Waals surface area contributed by atoms with E-state index in [1.807, 2.05) is 30.3 Å². The maximum atomic E-state index is 11.3. The summed E-state index contributed by atoms with van der Waals surface area (Å²) in [6.07, 6.45) is 0. The summed E-state index contributed by atoms with van der Waals surface area (Å²) >= 11 is 5.30. The van der Waals surface area contributed by atoms with Crippen LogP contribution in [0.2, 0.25) is 0 Å². The lowest BCUT2D eigenvalue weighted by atomic mass is 10.1. The summed E-state index contributed by atoms with van der Waals surface area (Å²) in [6, 6.07) is 12.7. The number of carbonyl (C=O) groups is 1. The molecule has 1 aliphatic heterocycles. The Hall–Kier alpha value is -2.60. The fraction of sp³-hybridized carbons (Fsp3) is 0.176. The second-order valence-corrected chi connectivity index (χ2v) is 5.48. The maximum Gasteiger partial charge on any atom is 0.175 e. The Morgan fingerprint density at radius 1 is 0.957 bits per heavy atom. The molecular formula is C17H16N2O3S. The molecule has 1 aliphatic rings. The Labute approximate surface area is 139 Å². The van der Waals surface area contributed by atoms with E-state index in [1.165, 1.54) is 6.92 Å². The highest BCUT2D eigenvalue weighted by Crippen LogP contribution is 2.32. The van der Waals surface area contributed by atoms with Crippen LogP contribution in [0.1, 0.15) is 17.3 Å². The van der Waals surface area contributed by atoms with E-state index in [4.69, 9.17) is 21.7 Å². The second kappa shape index (κ2) is 6.66. The van der Waals surface area contributed by atoms with E-state index in [0.717, 1.165) is 17.1 Å². The van der Waals surface area contributed by atoms with Gasteiger partial charge in [-0.05, 0) is 55.5 Å². The number of thiocarbonyl (C=S) groups is 1. The normalized spacial score (nSPS) is 12.4. The predicted octanol–water partition coefficient (Wildman–Crippen LogP) is 3.47. The highest BCUT2D eigenvalue weighted by atomic mass is 32.1. The maximum absolute atomic E-state index is 11.3. The van der Waals surface area contributed by atoms with Gasteiger partial charge in [0.15, 0.2) is 22.4 Å². The van der Waals surface area contributed by atoms with E-state index in [0.29, 0.717) is 29.6 Å². The van der Waals surface area contributed by atoms with Crippen molar-refractivity contribution in [2.75, 3.05) is 23.8 Å². The largest absolute Gasteiger partial charge is 0.486 e. The summed E-state index contributed by atoms with van der Waals surface area (Å²) in [5.74, 6) is 1.48. The summed E-state index contributed by atoms with van der Waals surface area (Å²) in [5, 5.41) is 6.63. The van der Waals surface area contributed by atoms with Crippen LogP contribution in [0.25, 0.3) is 0 Å². The summed E-state index contributed by atoms with van der Waals surface area (Å²) in [4.78, 5) is 11.3. The van der Waals surface area contributed by atoms with Crippen molar-refractivity contribution >= 4 is 34.5 Å². The Morgan fingerprint density at radius 3 is 2.26 bits per heavy atom. The monoisotopic (exact) mass is 328 g/mol. The first kappa shape index (κ1) is 15.3. The first-order valence-electron chi connectivity index (χ1n) is 7.20. The van der Waals surface area contributed by atoms with Gasteiger partial charge < -0.3 is 20.1 Å². The topological polar surface area (TPSA) is 59.6 Å².